The Morgan fingerprint density at radius 2 is 2.03 bits per heavy atom. The molecular formula is C26H36F2N4O5. The Kier molecular flexibility index (Phi) is 9.18. The number of alkyl halides is 2. The highest BCUT2D eigenvalue weighted by atomic mass is 19.1. The zero-order chi connectivity index (χ0) is 27.4. The second kappa shape index (κ2) is 11.9. The number of terminal acetylenes is 1. The van der Waals surface area contributed by atoms with Crippen molar-refractivity contribution in [2.45, 2.75) is 70.9 Å². The minimum Gasteiger partial charge on any atom is -0.502 e. The lowest BCUT2D eigenvalue weighted by Gasteiger charge is -2.44. The molecule has 9 nitrogen and oxygen atoms in total. The van der Waals surface area contributed by atoms with Gasteiger partial charge in [0, 0.05) is 44.7 Å². The highest BCUT2D eigenvalue weighted by Gasteiger charge is 2.39. The van der Waals surface area contributed by atoms with Crippen LogP contribution in [-0.4, -0.2) is 77.9 Å². The minimum absolute atomic E-state index is 0.0801. The molecule has 2 heterocycles. The Morgan fingerprint density at radius 3 is 2.62 bits per heavy atom. The fraction of sp³-hybridized carbons (Fsp3) is 0.654. The third-order valence-corrected chi connectivity index (χ3v) is 7.34. The summed E-state index contributed by atoms with van der Waals surface area (Å²) in [7, 11) is 1.50. The normalized spacial score (nSPS) is 24.5. The molecular weight excluding hydrogens is 486 g/mol. The summed E-state index contributed by atoms with van der Waals surface area (Å²) in [5.74, 6) is -0.519. The Morgan fingerprint density at radius 1 is 1.32 bits per heavy atom. The molecule has 1 aromatic rings. The predicted octanol–water partition coefficient (Wildman–Crippen LogP) is 2.19. The number of nitrogens with zero attached hydrogens (tertiary/aromatic N) is 3. The lowest BCUT2D eigenvalue weighted by molar-refractivity contribution is 0.0482. The van der Waals surface area contributed by atoms with E-state index < -0.39 is 52.9 Å². The molecule has 1 fully saturated rings. The maximum absolute atomic E-state index is 14.6. The van der Waals surface area contributed by atoms with Crippen LogP contribution in [0.25, 0.3) is 0 Å². The van der Waals surface area contributed by atoms with E-state index in [9.17, 15) is 28.3 Å². The van der Waals surface area contributed by atoms with Crippen molar-refractivity contribution in [1.82, 2.24) is 14.9 Å². The molecule has 2 N–H and O–H groups in total. The van der Waals surface area contributed by atoms with Gasteiger partial charge in [-0.3, -0.25) is 24.1 Å². The van der Waals surface area contributed by atoms with Crippen molar-refractivity contribution < 1.29 is 28.2 Å². The Labute approximate surface area is 215 Å². The lowest BCUT2D eigenvalue weighted by atomic mass is 9.75. The van der Waals surface area contributed by atoms with Crippen molar-refractivity contribution in [3.05, 3.63) is 27.7 Å². The minimum atomic E-state index is -1.42. The summed E-state index contributed by atoms with van der Waals surface area (Å²) < 4.78 is 35.0. The molecule has 0 aromatic carbocycles. The number of hydrogen-bond acceptors (Lipinski definition) is 6. The van der Waals surface area contributed by atoms with E-state index >= 15 is 0 Å². The number of amides is 2. The molecule has 1 aliphatic heterocycles. The molecule has 1 aromatic heterocycles. The maximum atomic E-state index is 14.6. The standard InChI is InChI=1S/C26H36F2N4O5/c1-6-8-18(13-37-5)32-14-30(15(3)4)26(36)22-24(34)23(33)20(12-31(22)32)25(35)29-11-19-16(7-2)9-17(27)10-21(19)28/h1,12,15-19,21,34H,7-11,13-14H2,2-5H3,(H,29,35)/t16?,17-,18+,19?,21?/m1/s1. The van der Waals surface area contributed by atoms with Crippen molar-refractivity contribution in [2.24, 2.45) is 11.8 Å². The monoisotopic (exact) mass is 522 g/mol. The van der Waals surface area contributed by atoms with Crippen LogP contribution in [0.4, 0.5) is 8.78 Å². The quantitative estimate of drug-likeness (QED) is 0.482. The molecule has 2 amide bonds. The number of fused-ring (bicyclic) bond motifs is 1. The number of halogens is 2. The van der Waals surface area contributed by atoms with Gasteiger partial charge in [0.1, 0.15) is 24.6 Å². The molecule has 204 valence electrons. The predicted molar refractivity (Wildman–Crippen MR) is 135 cm³/mol. The smallest absolute Gasteiger partial charge is 0.278 e. The average molecular weight is 523 g/mol. The highest BCUT2D eigenvalue weighted by molar-refractivity contribution is 5.99. The van der Waals surface area contributed by atoms with E-state index in [2.05, 4.69) is 11.2 Å². The van der Waals surface area contributed by atoms with Gasteiger partial charge >= 0.3 is 0 Å². The Hall–Kier alpha value is -3.13. The molecule has 0 radical (unpaired) electrons. The van der Waals surface area contributed by atoms with E-state index in [0.717, 1.165) is 0 Å². The summed E-state index contributed by atoms with van der Waals surface area (Å²) in [5.41, 5.74) is -1.70. The van der Waals surface area contributed by atoms with E-state index in [4.69, 9.17) is 11.2 Å². The summed E-state index contributed by atoms with van der Waals surface area (Å²) in [5, 5.41) is 15.1. The van der Waals surface area contributed by atoms with Crippen LogP contribution in [0.15, 0.2) is 11.0 Å². The van der Waals surface area contributed by atoms with E-state index in [-0.39, 0.29) is 56.7 Å². The number of carbonyl (C=O) groups excluding carboxylic acids is 2. The van der Waals surface area contributed by atoms with Crippen LogP contribution in [-0.2, 0) is 4.74 Å². The lowest BCUT2D eigenvalue weighted by Crippen LogP contribution is -2.60. The van der Waals surface area contributed by atoms with E-state index in [1.54, 1.807) is 18.9 Å². The molecule has 37 heavy (non-hydrogen) atoms. The van der Waals surface area contributed by atoms with Gasteiger partial charge in [-0.15, -0.1) is 12.3 Å². The van der Waals surface area contributed by atoms with Gasteiger partial charge in [-0.05, 0) is 26.2 Å². The van der Waals surface area contributed by atoms with Gasteiger partial charge in [0.25, 0.3) is 11.8 Å². The second-order valence-electron chi connectivity index (χ2n) is 10.0. The van der Waals surface area contributed by atoms with Crippen molar-refractivity contribution in [1.29, 1.82) is 0 Å². The number of hydrogen-bond donors (Lipinski definition) is 2. The van der Waals surface area contributed by atoms with Gasteiger partial charge in [-0.1, -0.05) is 13.3 Å². The number of aromatic nitrogens is 1. The molecule has 11 heteroatoms. The van der Waals surface area contributed by atoms with Crippen LogP contribution in [0, 0.1) is 24.2 Å². The maximum Gasteiger partial charge on any atom is 0.278 e. The number of methoxy groups -OCH3 is 1. The van der Waals surface area contributed by atoms with E-state index in [1.165, 1.54) is 22.9 Å². The van der Waals surface area contributed by atoms with Crippen molar-refractivity contribution >= 4 is 11.8 Å². The number of carbonyl (C=O) groups is 2. The molecule has 2 aliphatic rings. The van der Waals surface area contributed by atoms with Crippen LogP contribution < -0.4 is 15.8 Å². The average Bonchev–Trinajstić information content (AvgIpc) is 2.84. The van der Waals surface area contributed by atoms with Gasteiger partial charge in [0.05, 0.1) is 12.6 Å². The number of aromatic hydroxyl groups is 1. The van der Waals surface area contributed by atoms with Crippen molar-refractivity contribution in [2.75, 3.05) is 31.9 Å². The molecule has 3 rings (SSSR count). The first-order valence-corrected chi connectivity index (χ1v) is 12.6. The summed E-state index contributed by atoms with van der Waals surface area (Å²) >= 11 is 0. The number of ether oxygens (including phenoxy) is 1. The van der Waals surface area contributed by atoms with Crippen LogP contribution >= 0.6 is 0 Å². The summed E-state index contributed by atoms with van der Waals surface area (Å²) in [6.07, 6.45) is 4.91. The topological polar surface area (TPSA) is 104 Å². The van der Waals surface area contributed by atoms with Crippen LogP contribution in [0.3, 0.4) is 0 Å². The first kappa shape index (κ1) is 28.4. The van der Waals surface area contributed by atoms with Gasteiger partial charge in [0.15, 0.2) is 11.4 Å². The largest absolute Gasteiger partial charge is 0.502 e. The third-order valence-electron chi connectivity index (χ3n) is 7.34. The molecule has 1 aliphatic carbocycles. The van der Waals surface area contributed by atoms with Crippen LogP contribution in [0.1, 0.15) is 67.3 Å². The summed E-state index contributed by atoms with van der Waals surface area (Å²) in [6, 6.07) is -0.691. The second-order valence-corrected chi connectivity index (χ2v) is 10.0. The summed E-state index contributed by atoms with van der Waals surface area (Å²) in [6.45, 7) is 5.63. The number of nitrogens with one attached hydrogen (secondary N) is 1. The molecule has 1 saturated carbocycles. The zero-order valence-electron chi connectivity index (χ0n) is 21.7. The molecule has 3 unspecified atom stereocenters. The SMILES string of the molecule is C#CC[C@@H](COC)N1CN(C(C)C)C(=O)c2c(O)c(=O)c(C(=O)NCC3C(F)C[C@H](F)CC3CC)cn21. The van der Waals surface area contributed by atoms with Gasteiger partial charge in [-0.25, -0.2) is 8.78 Å². The molecule has 5 atom stereocenters. The van der Waals surface area contributed by atoms with Crippen molar-refractivity contribution in [3.8, 4) is 18.1 Å². The van der Waals surface area contributed by atoms with Crippen LogP contribution in [0.2, 0.25) is 0 Å². The van der Waals surface area contributed by atoms with Gasteiger partial charge in [0.2, 0.25) is 5.43 Å². The van der Waals surface area contributed by atoms with E-state index in [0.29, 0.717) is 6.42 Å². The van der Waals surface area contributed by atoms with Gasteiger partial charge in [-0.2, -0.15) is 0 Å². The van der Waals surface area contributed by atoms with E-state index in [1.807, 2.05) is 6.92 Å². The van der Waals surface area contributed by atoms with Crippen LogP contribution in [0.5, 0.6) is 5.75 Å². The fourth-order valence-electron chi connectivity index (χ4n) is 5.23. The van der Waals surface area contributed by atoms with Gasteiger partial charge < -0.3 is 20.1 Å². The Bertz CT molecular complexity index is 1100. The number of pyridine rings is 1. The Balaban J connectivity index is 1.98. The third kappa shape index (κ3) is 5.74. The highest BCUT2D eigenvalue weighted by Crippen LogP contribution is 2.35. The number of rotatable bonds is 9. The molecule has 0 spiro atoms. The molecule has 0 saturated heterocycles. The zero-order valence-corrected chi connectivity index (χ0v) is 21.7. The van der Waals surface area contributed by atoms with Crippen molar-refractivity contribution in [3.63, 3.8) is 0 Å². The summed E-state index contributed by atoms with van der Waals surface area (Å²) in [4.78, 5) is 40.8. The first-order chi connectivity index (χ1) is 17.5. The fourth-order valence-corrected chi connectivity index (χ4v) is 5.23. The first-order valence-electron chi connectivity index (χ1n) is 12.6. The molecule has 0 bridgehead atoms.